The average Bonchev–Trinajstić information content (AvgIpc) is 2.28. The number of nitrogens with two attached hydrogens (primary N) is 1. The Morgan fingerprint density at radius 3 is 2.56 bits per heavy atom. The standard InChI is InChI=1S/C12H21F3N2O/c1-8-4-3-5-9(10(8)16)11(18)17(2)7-6-12(13,14)15/h8-10H,3-7,16H2,1-2H3. The van der Waals surface area contributed by atoms with Crippen LogP contribution in [0.1, 0.15) is 32.6 Å². The second-order valence-corrected chi connectivity index (χ2v) is 5.22. The van der Waals surface area contributed by atoms with Crippen molar-refractivity contribution in [1.82, 2.24) is 4.90 Å². The minimum Gasteiger partial charge on any atom is -0.345 e. The Hall–Kier alpha value is -0.780. The van der Waals surface area contributed by atoms with E-state index in [4.69, 9.17) is 5.73 Å². The molecule has 0 spiro atoms. The number of alkyl halides is 3. The number of carbonyl (C=O) groups is 1. The van der Waals surface area contributed by atoms with E-state index >= 15 is 0 Å². The van der Waals surface area contributed by atoms with E-state index in [1.54, 1.807) is 0 Å². The fourth-order valence-electron chi connectivity index (χ4n) is 2.42. The van der Waals surface area contributed by atoms with Gasteiger partial charge in [-0.2, -0.15) is 13.2 Å². The summed E-state index contributed by atoms with van der Waals surface area (Å²) in [7, 11) is 1.42. The third-order valence-corrected chi connectivity index (χ3v) is 3.72. The maximum atomic E-state index is 12.1. The second-order valence-electron chi connectivity index (χ2n) is 5.22. The van der Waals surface area contributed by atoms with Crippen LogP contribution in [0.15, 0.2) is 0 Å². The van der Waals surface area contributed by atoms with Crippen LogP contribution in [0.2, 0.25) is 0 Å². The highest BCUT2D eigenvalue weighted by molar-refractivity contribution is 5.79. The Bertz CT molecular complexity index is 294. The van der Waals surface area contributed by atoms with E-state index in [0.717, 1.165) is 17.7 Å². The van der Waals surface area contributed by atoms with Crippen molar-refractivity contribution in [3.05, 3.63) is 0 Å². The minimum absolute atomic E-state index is 0.236. The van der Waals surface area contributed by atoms with E-state index in [9.17, 15) is 18.0 Å². The Labute approximate surface area is 106 Å². The summed E-state index contributed by atoms with van der Waals surface area (Å²) < 4.78 is 36.3. The van der Waals surface area contributed by atoms with Gasteiger partial charge in [-0.3, -0.25) is 4.79 Å². The van der Waals surface area contributed by atoms with E-state index in [1.165, 1.54) is 7.05 Å². The zero-order chi connectivity index (χ0) is 13.9. The number of rotatable bonds is 3. The van der Waals surface area contributed by atoms with Gasteiger partial charge in [0.2, 0.25) is 5.91 Å². The maximum Gasteiger partial charge on any atom is 0.390 e. The molecule has 3 unspecified atom stereocenters. The van der Waals surface area contributed by atoms with Gasteiger partial charge in [0.15, 0.2) is 0 Å². The summed E-state index contributed by atoms with van der Waals surface area (Å²) in [6.45, 7) is 1.69. The number of amides is 1. The molecular weight excluding hydrogens is 245 g/mol. The molecule has 0 aromatic rings. The van der Waals surface area contributed by atoms with Crippen LogP contribution in [0.5, 0.6) is 0 Å². The van der Waals surface area contributed by atoms with Gasteiger partial charge in [-0.05, 0) is 18.8 Å². The topological polar surface area (TPSA) is 46.3 Å². The Kier molecular flexibility index (Phi) is 5.01. The molecule has 6 heteroatoms. The molecule has 106 valence electrons. The van der Waals surface area contributed by atoms with E-state index in [2.05, 4.69) is 0 Å². The van der Waals surface area contributed by atoms with Crippen LogP contribution >= 0.6 is 0 Å². The second kappa shape index (κ2) is 5.91. The van der Waals surface area contributed by atoms with Crippen molar-refractivity contribution in [2.75, 3.05) is 13.6 Å². The summed E-state index contributed by atoms with van der Waals surface area (Å²) in [4.78, 5) is 13.2. The monoisotopic (exact) mass is 266 g/mol. The number of hydrogen-bond donors (Lipinski definition) is 1. The summed E-state index contributed by atoms with van der Waals surface area (Å²) in [6, 6.07) is -0.236. The Balaban J connectivity index is 2.52. The van der Waals surface area contributed by atoms with Crippen LogP contribution in [0.3, 0.4) is 0 Å². The predicted octanol–water partition coefficient (Wildman–Crippen LogP) is 2.16. The number of halogens is 3. The van der Waals surface area contributed by atoms with Crippen LogP contribution < -0.4 is 5.73 Å². The minimum atomic E-state index is -4.23. The molecule has 1 fully saturated rings. The van der Waals surface area contributed by atoms with Gasteiger partial charge in [-0.1, -0.05) is 13.3 Å². The lowest BCUT2D eigenvalue weighted by molar-refractivity contribution is -0.147. The van der Waals surface area contributed by atoms with Crippen molar-refractivity contribution in [3.63, 3.8) is 0 Å². The first-order valence-electron chi connectivity index (χ1n) is 6.29. The molecule has 1 saturated carbocycles. The molecule has 0 aromatic carbocycles. The molecule has 0 aromatic heterocycles. The number of carbonyl (C=O) groups excluding carboxylic acids is 1. The van der Waals surface area contributed by atoms with Crippen LogP contribution in [-0.4, -0.2) is 36.6 Å². The first-order valence-corrected chi connectivity index (χ1v) is 6.29. The Morgan fingerprint density at radius 2 is 2.00 bits per heavy atom. The molecule has 3 nitrogen and oxygen atoms in total. The molecule has 0 radical (unpaired) electrons. The first kappa shape index (κ1) is 15.3. The molecule has 1 aliphatic carbocycles. The fourth-order valence-corrected chi connectivity index (χ4v) is 2.42. The van der Waals surface area contributed by atoms with Gasteiger partial charge in [0.05, 0.1) is 12.3 Å². The smallest absolute Gasteiger partial charge is 0.345 e. The SMILES string of the molecule is CC1CCCC(C(=O)N(C)CCC(F)(F)F)C1N. The molecule has 1 amide bonds. The zero-order valence-corrected chi connectivity index (χ0v) is 10.8. The fraction of sp³-hybridized carbons (Fsp3) is 0.917. The summed E-state index contributed by atoms with van der Waals surface area (Å²) in [5.41, 5.74) is 5.97. The summed E-state index contributed by atoms with van der Waals surface area (Å²) in [5.74, 6) is -0.325. The third kappa shape index (κ3) is 4.15. The number of nitrogens with zero attached hydrogens (tertiary/aromatic N) is 1. The lowest BCUT2D eigenvalue weighted by atomic mass is 9.77. The molecule has 3 atom stereocenters. The van der Waals surface area contributed by atoms with Crippen molar-refractivity contribution >= 4 is 5.91 Å². The van der Waals surface area contributed by atoms with Crippen LogP contribution in [0.4, 0.5) is 13.2 Å². The summed E-state index contributed by atoms with van der Waals surface area (Å²) in [6.07, 6.45) is -2.61. The largest absolute Gasteiger partial charge is 0.390 e. The molecule has 1 rings (SSSR count). The number of hydrogen-bond acceptors (Lipinski definition) is 2. The zero-order valence-electron chi connectivity index (χ0n) is 10.8. The molecule has 1 aliphatic rings. The van der Waals surface area contributed by atoms with Crippen LogP contribution in [-0.2, 0) is 4.79 Å². The summed E-state index contributed by atoms with van der Waals surface area (Å²) >= 11 is 0. The van der Waals surface area contributed by atoms with Crippen molar-refractivity contribution in [2.45, 2.75) is 44.8 Å². The van der Waals surface area contributed by atoms with Gasteiger partial charge >= 0.3 is 6.18 Å². The van der Waals surface area contributed by atoms with Gasteiger partial charge in [0.25, 0.3) is 0 Å². The normalized spacial score (nSPS) is 29.1. The van der Waals surface area contributed by atoms with Gasteiger partial charge in [-0.25, -0.2) is 0 Å². The van der Waals surface area contributed by atoms with Gasteiger partial charge in [-0.15, -0.1) is 0 Å². The van der Waals surface area contributed by atoms with E-state index in [1.807, 2.05) is 6.92 Å². The van der Waals surface area contributed by atoms with E-state index in [-0.39, 0.29) is 30.3 Å². The quantitative estimate of drug-likeness (QED) is 0.851. The highest BCUT2D eigenvalue weighted by Gasteiger charge is 2.35. The van der Waals surface area contributed by atoms with Crippen LogP contribution in [0.25, 0.3) is 0 Å². The predicted molar refractivity (Wildman–Crippen MR) is 62.8 cm³/mol. The molecule has 0 bridgehead atoms. The van der Waals surface area contributed by atoms with Gasteiger partial charge in [0, 0.05) is 19.6 Å². The highest BCUT2D eigenvalue weighted by Crippen LogP contribution is 2.29. The highest BCUT2D eigenvalue weighted by atomic mass is 19.4. The van der Waals surface area contributed by atoms with Crippen molar-refractivity contribution in [2.24, 2.45) is 17.6 Å². The third-order valence-electron chi connectivity index (χ3n) is 3.72. The van der Waals surface area contributed by atoms with Crippen LogP contribution in [0, 0.1) is 11.8 Å². The average molecular weight is 266 g/mol. The van der Waals surface area contributed by atoms with Gasteiger partial charge in [0.1, 0.15) is 0 Å². The lowest BCUT2D eigenvalue weighted by Crippen LogP contribution is -2.48. The van der Waals surface area contributed by atoms with E-state index in [0.29, 0.717) is 6.42 Å². The molecule has 0 heterocycles. The molecular formula is C12H21F3N2O. The lowest BCUT2D eigenvalue weighted by Gasteiger charge is -2.35. The molecule has 0 aliphatic heterocycles. The van der Waals surface area contributed by atoms with Crippen molar-refractivity contribution < 1.29 is 18.0 Å². The molecule has 2 N–H and O–H groups in total. The van der Waals surface area contributed by atoms with Crippen molar-refractivity contribution in [3.8, 4) is 0 Å². The van der Waals surface area contributed by atoms with Gasteiger partial charge < -0.3 is 10.6 Å². The Morgan fingerprint density at radius 1 is 1.39 bits per heavy atom. The van der Waals surface area contributed by atoms with E-state index < -0.39 is 12.6 Å². The maximum absolute atomic E-state index is 12.1. The van der Waals surface area contributed by atoms with Crippen molar-refractivity contribution in [1.29, 1.82) is 0 Å². The molecule has 18 heavy (non-hydrogen) atoms. The molecule has 0 saturated heterocycles. The first-order chi connectivity index (χ1) is 8.22. The summed E-state index contributed by atoms with van der Waals surface area (Å²) in [5, 5.41) is 0.